The van der Waals surface area contributed by atoms with Crippen LogP contribution >= 0.6 is 0 Å². The molecule has 104 valence electrons. The summed E-state index contributed by atoms with van der Waals surface area (Å²) in [6.07, 6.45) is 0.155. The molecule has 0 heterocycles. The number of nitrogens with one attached hydrogen (secondary N) is 1. The van der Waals surface area contributed by atoms with Crippen LogP contribution in [-0.2, 0) is 11.2 Å². The Bertz CT molecular complexity index is 592. The maximum atomic E-state index is 11.9. The molecule has 0 saturated carbocycles. The third-order valence-electron chi connectivity index (χ3n) is 3.01. The molecule has 0 atom stereocenters. The van der Waals surface area contributed by atoms with E-state index in [1.54, 1.807) is 24.3 Å². The van der Waals surface area contributed by atoms with E-state index in [0.717, 1.165) is 11.4 Å². The van der Waals surface area contributed by atoms with Crippen molar-refractivity contribution in [2.24, 2.45) is 0 Å². The van der Waals surface area contributed by atoms with Crippen LogP contribution in [0, 0.1) is 0 Å². The topological polar surface area (TPSA) is 52.6 Å². The SMILES string of the molecule is CN(C)c1ccc(NC(=O)Cc2ccccc2O)cc1. The fourth-order valence-corrected chi connectivity index (χ4v) is 1.88. The lowest BCUT2D eigenvalue weighted by molar-refractivity contribution is -0.115. The van der Waals surface area contributed by atoms with Crippen LogP contribution in [0.15, 0.2) is 48.5 Å². The number of carbonyl (C=O) groups is 1. The van der Waals surface area contributed by atoms with E-state index in [-0.39, 0.29) is 18.1 Å². The predicted molar refractivity (Wildman–Crippen MR) is 81.2 cm³/mol. The second kappa shape index (κ2) is 6.10. The Kier molecular flexibility index (Phi) is 4.25. The van der Waals surface area contributed by atoms with Crippen molar-refractivity contribution in [1.29, 1.82) is 0 Å². The van der Waals surface area contributed by atoms with Crippen LogP contribution in [-0.4, -0.2) is 25.1 Å². The lowest BCUT2D eigenvalue weighted by Gasteiger charge is -2.13. The van der Waals surface area contributed by atoms with E-state index in [0.29, 0.717) is 5.56 Å². The molecule has 4 nitrogen and oxygen atoms in total. The van der Waals surface area contributed by atoms with Crippen molar-refractivity contribution in [3.8, 4) is 5.75 Å². The largest absolute Gasteiger partial charge is 0.508 e. The van der Waals surface area contributed by atoms with Crippen molar-refractivity contribution in [2.45, 2.75) is 6.42 Å². The van der Waals surface area contributed by atoms with E-state index in [2.05, 4.69) is 5.32 Å². The third-order valence-corrected chi connectivity index (χ3v) is 3.01. The first-order valence-electron chi connectivity index (χ1n) is 6.40. The number of phenols is 1. The average Bonchev–Trinajstić information content (AvgIpc) is 2.42. The molecule has 0 spiro atoms. The lowest BCUT2D eigenvalue weighted by atomic mass is 10.1. The molecule has 0 fully saturated rings. The number of anilines is 2. The van der Waals surface area contributed by atoms with E-state index < -0.39 is 0 Å². The number of phenolic OH excluding ortho intramolecular Hbond substituents is 1. The lowest BCUT2D eigenvalue weighted by Crippen LogP contribution is -2.14. The van der Waals surface area contributed by atoms with Crippen molar-refractivity contribution in [1.82, 2.24) is 0 Å². The molecule has 0 aliphatic heterocycles. The van der Waals surface area contributed by atoms with Gasteiger partial charge in [0.2, 0.25) is 5.91 Å². The summed E-state index contributed by atoms with van der Waals surface area (Å²) in [6, 6.07) is 14.4. The Hall–Kier alpha value is -2.49. The van der Waals surface area contributed by atoms with E-state index >= 15 is 0 Å². The van der Waals surface area contributed by atoms with Crippen LogP contribution in [0.5, 0.6) is 5.75 Å². The minimum Gasteiger partial charge on any atom is -0.508 e. The van der Waals surface area contributed by atoms with Gasteiger partial charge in [0.05, 0.1) is 6.42 Å². The summed E-state index contributed by atoms with van der Waals surface area (Å²) < 4.78 is 0. The Balaban J connectivity index is 1.99. The molecule has 0 aliphatic rings. The van der Waals surface area contributed by atoms with Gasteiger partial charge in [-0.05, 0) is 30.3 Å². The molecule has 1 amide bonds. The van der Waals surface area contributed by atoms with Gasteiger partial charge in [-0.25, -0.2) is 0 Å². The molecule has 0 bridgehead atoms. The summed E-state index contributed by atoms with van der Waals surface area (Å²) in [6.45, 7) is 0. The van der Waals surface area contributed by atoms with Crippen molar-refractivity contribution >= 4 is 17.3 Å². The molecule has 0 aromatic heterocycles. The van der Waals surface area contributed by atoms with Gasteiger partial charge in [0.25, 0.3) is 0 Å². The maximum absolute atomic E-state index is 11.9. The number of hydrogen-bond acceptors (Lipinski definition) is 3. The van der Waals surface area contributed by atoms with Crippen molar-refractivity contribution in [2.75, 3.05) is 24.3 Å². The summed E-state index contributed by atoms with van der Waals surface area (Å²) in [5.41, 5.74) is 2.44. The molecular formula is C16H18N2O2. The average molecular weight is 270 g/mol. The first-order valence-corrected chi connectivity index (χ1v) is 6.40. The molecule has 4 heteroatoms. The van der Waals surface area contributed by atoms with E-state index in [1.165, 1.54) is 0 Å². The van der Waals surface area contributed by atoms with Crippen molar-refractivity contribution in [3.05, 3.63) is 54.1 Å². The summed E-state index contributed by atoms with van der Waals surface area (Å²) >= 11 is 0. The van der Waals surface area contributed by atoms with Gasteiger partial charge in [0.1, 0.15) is 5.75 Å². The fourth-order valence-electron chi connectivity index (χ4n) is 1.88. The van der Waals surface area contributed by atoms with Gasteiger partial charge in [-0.15, -0.1) is 0 Å². The molecule has 0 radical (unpaired) electrons. The van der Waals surface area contributed by atoms with Crippen molar-refractivity contribution < 1.29 is 9.90 Å². The number of hydrogen-bond donors (Lipinski definition) is 2. The maximum Gasteiger partial charge on any atom is 0.228 e. The number of aromatic hydroxyl groups is 1. The van der Waals surface area contributed by atoms with Gasteiger partial charge >= 0.3 is 0 Å². The highest BCUT2D eigenvalue weighted by Gasteiger charge is 2.07. The zero-order valence-electron chi connectivity index (χ0n) is 11.6. The molecule has 2 rings (SSSR count). The smallest absolute Gasteiger partial charge is 0.228 e. The van der Waals surface area contributed by atoms with Crippen LogP contribution in [0.2, 0.25) is 0 Å². The highest BCUT2D eigenvalue weighted by Crippen LogP contribution is 2.18. The summed E-state index contributed by atoms with van der Waals surface area (Å²) in [4.78, 5) is 13.9. The highest BCUT2D eigenvalue weighted by molar-refractivity contribution is 5.92. The predicted octanol–water partition coefficient (Wildman–Crippen LogP) is 2.64. The van der Waals surface area contributed by atoms with E-state index in [1.807, 2.05) is 43.3 Å². The molecule has 0 saturated heterocycles. The third kappa shape index (κ3) is 3.51. The quantitative estimate of drug-likeness (QED) is 0.898. The number of benzene rings is 2. The van der Waals surface area contributed by atoms with Crippen molar-refractivity contribution in [3.63, 3.8) is 0 Å². The van der Waals surface area contributed by atoms with Gasteiger partial charge in [0, 0.05) is 31.0 Å². The zero-order valence-corrected chi connectivity index (χ0v) is 11.6. The van der Waals surface area contributed by atoms with Crippen LogP contribution in [0.1, 0.15) is 5.56 Å². The normalized spacial score (nSPS) is 10.1. The van der Waals surface area contributed by atoms with Gasteiger partial charge in [0.15, 0.2) is 0 Å². The Labute approximate surface area is 118 Å². The van der Waals surface area contributed by atoms with E-state index in [4.69, 9.17) is 0 Å². The molecule has 20 heavy (non-hydrogen) atoms. The monoisotopic (exact) mass is 270 g/mol. The van der Waals surface area contributed by atoms with Crippen LogP contribution in [0.3, 0.4) is 0 Å². The number of nitrogens with zero attached hydrogens (tertiary/aromatic N) is 1. The molecule has 2 N–H and O–H groups in total. The van der Waals surface area contributed by atoms with Crippen LogP contribution in [0.25, 0.3) is 0 Å². The van der Waals surface area contributed by atoms with Crippen LogP contribution in [0.4, 0.5) is 11.4 Å². The molecular weight excluding hydrogens is 252 g/mol. The molecule has 0 unspecified atom stereocenters. The number of carbonyl (C=O) groups excluding carboxylic acids is 1. The molecule has 0 aliphatic carbocycles. The Morgan fingerprint density at radius 3 is 2.35 bits per heavy atom. The Morgan fingerprint density at radius 1 is 1.10 bits per heavy atom. The Morgan fingerprint density at radius 2 is 1.75 bits per heavy atom. The standard InChI is InChI=1S/C16H18N2O2/c1-18(2)14-9-7-13(8-10-14)17-16(20)11-12-5-3-4-6-15(12)19/h3-10,19H,11H2,1-2H3,(H,17,20). The van der Waals surface area contributed by atoms with E-state index in [9.17, 15) is 9.90 Å². The number of para-hydroxylation sites is 1. The summed E-state index contributed by atoms with van der Waals surface area (Å²) in [7, 11) is 3.93. The zero-order chi connectivity index (χ0) is 14.5. The number of amides is 1. The van der Waals surface area contributed by atoms with Gasteiger partial charge in [-0.3, -0.25) is 4.79 Å². The minimum atomic E-state index is -0.149. The fraction of sp³-hybridized carbons (Fsp3) is 0.188. The van der Waals surface area contributed by atoms with Gasteiger partial charge < -0.3 is 15.3 Å². The van der Waals surface area contributed by atoms with Gasteiger partial charge in [-0.2, -0.15) is 0 Å². The minimum absolute atomic E-state index is 0.144. The second-order valence-corrected chi connectivity index (χ2v) is 4.79. The summed E-state index contributed by atoms with van der Waals surface area (Å²) in [5, 5.41) is 12.5. The number of rotatable bonds is 4. The second-order valence-electron chi connectivity index (χ2n) is 4.79. The highest BCUT2D eigenvalue weighted by atomic mass is 16.3. The molecule has 2 aromatic rings. The van der Waals surface area contributed by atoms with Gasteiger partial charge in [-0.1, -0.05) is 18.2 Å². The first kappa shape index (κ1) is 13.9. The first-order chi connectivity index (χ1) is 9.56. The van der Waals surface area contributed by atoms with Crippen LogP contribution < -0.4 is 10.2 Å². The molecule has 2 aromatic carbocycles. The summed E-state index contributed by atoms with van der Waals surface area (Å²) in [5.74, 6) is -0.00490.